The maximum absolute atomic E-state index is 5.60. The van der Waals surface area contributed by atoms with Gasteiger partial charge in [-0.1, -0.05) is 67.6 Å². The number of aromatic nitrogens is 1. The van der Waals surface area contributed by atoms with Crippen LogP contribution in [0.4, 0.5) is 0 Å². The lowest BCUT2D eigenvalue weighted by Gasteiger charge is -2.46. The first-order valence-corrected chi connectivity index (χ1v) is 9.72. The minimum Gasteiger partial charge on any atom is -0.323 e. The highest BCUT2D eigenvalue weighted by molar-refractivity contribution is 7.73. The lowest BCUT2D eigenvalue weighted by molar-refractivity contribution is 0.217. The Balaban J connectivity index is 1.56. The minimum absolute atomic E-state index is 0.306. The van der Waals surface area contributed by atoms with Gasteiger partial charge in [0, 0.05) is 23.5 Å². The third kappa shape index (κ3) is 2.87. The van der Waals surface area contributed by atoms with Crippen molar-refractivity contribution in [2.45, 2.75) is 37.6 Å². The highest BCUT2D eigenvalue weighted by atomic mass is 32.1. The Hall–Kier alpha value is -1.71. The van der Waals surface area contributed by atoms with Gasteiger partial charge >= 0.3 is 0 Å². The van der Waals surface area contributed by atoms with Crippen LogP contribution in [-0.4, -0.2) is 4.57 Å². The van der Waals surface area contributed by atoms with Crippen molar-refractivity contribution in [2.75, 3.05) is 0 Å². The van der Waals surface area contributed by atoms with E-state index in [9.17, 15) is 0 Å². The van der Waals surface area contributed by atoms with Crippen LogP contribution in [0.3, 0.4) is 0 Å². The third-order valence-corrected chi connectivity index (χ3v) is 6.57. The zero-order chi connectivity index (χ0) is 16.6. The Morgan fingerprint density at radius 2 is 1.67 bits per heavy atom. The number of rotatable bonds is 4. The van der Waals surface area contributed by atoms with Crippen LogP contribution in [0.2, 0.25) is 0 Å². The average molecular weight is 352 g/mol. The zero-order valence-corrected chi connectivity index (χ0v) is 15.4. The summed E-state index contributed by atoms with van der Waals surface area (Å²) in [5.74, 6) is 0.617. The predicted molar refractivity (Wildman–Crippen MR) is 104 cm³/mol. The van der Waals surface area contributed by atoms with E-state index < -0.39 is 0 Å². The van der Waals surface area contributed by atoms with E-state index in [4.69, 9.17) is 12.2 Å². The molecule has 1 fully saturated rings. The lowest BCUT2D eigenvalue weighted by Crippen LogP contribution is -2.38. The molecule has 0 aliphatic heterocycles. The summed E-state index contributed by atoms with van der Waals surface area (Å²) in [6, 6.07) is 21.5. The van der Waals surface area contributed by atoms with Crippen molar-refractivity contribution in [3.05, 3.63) is 86.8 Å². The molecule has 0 N–H and O–H groups in total. The summed E-state index contributed by atoms with van der Waals surface area (Å²) in [5.41, 5.74) is 4.51. The van der Waals surface area contributed by atoms with Gasteiger partial charge in [0.1, 0.15) is 0 Å². The molecule has 1 aliphatic rings. The summed E-state index contributed by atoms with van der Waals surface area (Å²) in [4.78, 5) is 0. The summed E-state index contributed by atoms with van der Waals surface area (Å²) < 4.78 is 3.33. The molecule has 0 unspecified atom stereocenters. The third-order valence-electron chi connectivity index (χ3n) is 5.28. The summed E-state index contributed by atoms with van der Waals surface area (Å²) in [5, 5.41) is 2.28. The van der Waals surface area contributed by atoms with Gasteiger partial charge in [-0.2, -0.15) is 0 Å². The summed E-state index contributed by atoms with van der Waals surface area (Å²) in [7, 11) is 0. The second kappa shape index (κ2) is 6.30. The fourth-order valence-electron chi connectivity index (χ4n) is 3.90. The van der Waals surface area contributed by atoms with Gasteiger partial charge in [-0.05, 0) is 41.6 Å². The highest BCUT2D eigenvalue weighted by Crippen LogP contribution is 2.52. The van der Waals surface area contributed by atoms with Gasteiger partial charge in [0.2, 0.25) is 0 Å². The van der Waals surface area contributed by atoms with Crippen LogP contribution in [0.1, 0.15) is 42.5 Å². The second-order valence-corrected chi connectivity index (χ2v) is 8.53. The summed E-state index contributed by atoms with van der Waals surface area (Å²) >= 11 is 7.30. The normalized spacial score (nSPS) is 23.0. The molecule has 0 spiro atoms. The molecule has 1 aromatic heterocycles. The molecule has 122 valence electrons. The van der Waals surface area contributed by atoms with E-state index in [2.05, 4.69) is 77.5 Å². The van der Waals surface area contributed by atoms with Crippen molar-refractivity contribution in [3.8, 4) is 0 Å². The quantitative estimate of drug-likeness (QED) is 0.509. The van der Waals surface area contributed by atoms with Crippen LogP contribution in [0, 0.1) is 3.95 Å². The first-order chi connectivity index (χ1) is 11.7. The van der Waals surface area contributed by atoms with Gasteiger partial charge in [-0.15, -0.1) is 11.3 Å². The molecule has 1 heterocycles. The van der Waals surface area contributed by atoms with Gasteiger partial charge in [-0.25, -0.2) is 0 Å². The molecule has 2 aromatic carbocycles. The topological polar surface area (TPSA) is 4.93 Å². The van der Waals surface area contributed by atoms with Crippen molar-refractivity contribution < 1.29 is 0 Å². The van der Waals surface area contributed by atoms with Crippen molar-refractivity contribution in [1.29, 1.82) is 0 Å². The molecular weight excluding hydrogens is 330 g/mol. The van der Waals surface area contributed by atoms with Crippen LogP contribution in [-0.2, 0) is 12.0 Å². The van der Waals surface area contributed by atoms with Gasteiger partial charge < -0.3 is 4.57 Å². The Labute approximate surface area is 152 Å². The van der Waals surface area contributed by atoms with Crippen LogP contribution in [0.25, 0.3) is 0 Å². The largest absolute Gasteiger partial charge is 0.323 e. The monoisotopic (exact) mass is 351 g/mol. The summed E-state index contributed by atoms with van der Waals surface area (Å²) in [6.07, 6.45) is 2.41. The lowest BCUT2D eigenvalue weighted by atomic mass is 9.59. The van der Waals surface area contributed by atoms with Gasteiger partial charge in [-0.3, -0.25) is 0 Å². The molecule has 1 saturated carbocycles. The molecule has 24 heavy (non-hydrogen) atoms. The van der Waals surface area contributed by atoms with Gasteiger partial charge in [0.15, 0.2) is 3.95 Å². The second-order valence-electron chi connectivity index (χ2n) is 7.03. The number of hydrogen-bond donors (Lipinski definition) is 0. The Morgan fingerprint density at radius 1 is 1.04 bits per heavy atom. The van der Waals surface area contributed by atoms with Crippen molar-refractivity contribution in [2.24, 2.45) is 0 Å². The molecule has 3 aromatic rings. The molecule has 0 bridgehead atoms. The van der Waals surface area contributed by atoms with Gasteiger partial charge in [0.25, 0.3) is 0 Å². The van der Waals surface area contributed by atoms with E-state index in [1.807, 2.05) is 0 Å². The Morgan fingerprint density at radius 3 is 2.33 bits per heavy atom. The number of benzene rings is 2. The Kier molecular flexibility index (Phi) is 4.15. The Bertz CT molecular complexity index is 871. The molecule has 0 radical (unpaired) electrons. The number of hydrogen-bond acceptors (Lipinski definition) is 2. The molecule has 3 heteroatoms. The molecule has 1 aliphatic carbocycles. The minimum atomic E-state index is 0.306. The first kappa shape index (κ1) is 15.8. The fourth-order valence-corrected chi connectivity index (χ4v) is 5.05. The van der Waals surface area contributed by atoms with Crippen LogP contribution in [0.15, 0.2) is 66.0 Å². The molecule has 0 atom stereocenters. The molecule has 4 rings (SSSR count). The van der Waals surface area contributed by atoms with Crippen LogP contribution >= 0.6 is 23.6 Å². The summed E-state index contributed by atoms with van der Waals surface area (Å²) in [6.45, 7) is 3.28. The molecular formula is C21H21NS2. The van der Waals surface area contributed by atoms with Gasteiger partial charge in [0.05, 0.1) is 0 Å². The van der Waals surface area contributed by atoms with Crippen LogP contribution in [0.5, 0.6) is 0 Å². The predicted octanol–water partition coefficient (Wildman–Crippen LogP) is 6.16. The number of thiazole rings is 1. The maximum atomic E-state index is 5.60. The molecule has 0 saturated heterocycles. The van der Waals surface area contributed by atoms with E-state index in [-0.39, 0.29) is 0 Å². The maximum Gasteiger partial charge on any atom is 0.161 e. The smallest absolute Gasteiger partial charge is 0.161 e. The number of nitrogens with zero attached hydrogens (tertiary/aromatic N) is 1. The van der Waals surface area contributed by atoms with Crippen molar-refractivity contribution in [3.63, 3.8) is 0 Å². The van der Waals surface area contributed by atoms with E-state index in [1.165, 1.54) is 29.7 Å². The van der Waals surface area contributed by atoms with E-state index in [0.29, 0.717) is 11.3 Å². The van der Waals surface area contributed by atoms with Crippen LogP contribution < -0.4 is 0 Å². The molecule has 0 amide bonds. The standard InChI is InChI=1S/C21H21NS2/c1-21(18-10-6-3-7-11-18)12-17(13-21)19-15-24-20(23)22(19)14-16-8-4-2-5-9-16/h2-11,15,17H,12-14H2,1H3. The highest BCUT2D eigenvalue weighted by Gasteiger charge is 2.43. The van der Waals surface area contributed by atoms with Crippen molar-refractivity contribution in [1.82, 2.24) is 4.57 Å². The average Bonchev–Trinajstić information content (AvgIpc) is 2.94. The van der Waals surface area contributed by atoms with E-state index in [1.54, 1.807) is 11.3 Å². The first-order valence-electron chi connectivity index (χ1n) is 8.43. The fraction of sp³-hybridized carbons (Fsp3) is 0.286. The van der Waals surface area contributed by atoms with Crippen molar-refractivity contribution >= 4 is 23.6 Å². The zero-order valence-electron chi connectivity index (χ0n) is 13.8. The van der Waals surface area contributed by atoms with E-state index in [0.717, 1.165) is 10.5 Å². The molecule has 1 nitrogen and oxygen atoms in total. The SMILES string of the molecule is CC1(c2ccccc2)CC(c2csc(=S)n2Cc2ccccc2)C1. The van der Waals surface area contributed by atoms with E-state index >= 15 is 0 Å².